The zero-order chi connectivity index (χ0) is 27.5. The highest BCUT2D eigenvalue weighted by Gasteiger charge is 2.53. The van der Waals surface area contributed by atoms with Crippen LogP contribution in [0.15, 0.2) is 42.5 Å². The van der Waals surface area contributed by atoms with Gasteiger partial charge in [-0.15, -0.1) is 0 Å². The molecule has 4 atom stereocenters. The molecule has 0 saturated carbocycles. The Bertz CT molecular complexity index is 1630. The molecule has 0 bridgehead atoms. The van der Waals surface area contributed by atoms with Crippen molar-refractivity contribution < 1.29 is 37.6 Å². The van der Waals surface area contributed by atoms with Crippen molar-refractivity contribution in [2.45, 2.75) is 12.0 Å². The van der Waals surface area contributed by atoms with Gasteiger partial charge >= 0.3 is 5.97 Å². The van der Waals surface area contributed by atoms with E-state index in [0.29, 0.717) is 39.4 Å². The van der Waals surface area contributed by atoms with Crippen LogP contribution in [0.2, 0.25) is 0 Å². The number of methoxy groups -OCH3 is 3. The molecule has 1 saturated heterocycles. The first-order valence-corrected chi connectivity index (χ1v) is 13.5. The summed E-state index contributed by atoms with van der Waals surface area (Å²) in [6, 6.07) is 11.8. The predicted molar refractivity (Wildman–Crippen MR) is 144 cm³/mol. The third-order valence-corrected chi connectivity index (χ3v) is 8.81. The highest BCUT2D eigenvalue weighted by atomic mass is 32.1. The van der Waals surface area contributed by atoms with E-state index in [-0.39, 0.29) is 43.1 Å². The van der Waals surface area contributed by atoms with Crippen LogP contribution in [0.3, 0.4) is 0 Å². The van der Waals surface area contributed by atoms with Gasteiger partial charge in [-0.1, -0.05) is 11.3 Å². The van der Waals surface area contributed by atoms with Crippen molar-refractivity contribution in [2.24, 2.45) is 11.8 Å². The summed E-state index contributed by atoms with van der Waals surface area (Å²) < 4.78 is 48.6. The molecule has 3 heterocycles. The highest BCUT2D eigenvalue weighted by molar-refractivity contribution is 7.22. The second-order valence-corrected chi connectivity index (χ2v) is 10.9. The molecule has 3 aromatic carbocycles. The van der Waals surface area contributed by atoms with Gasteiger partial charge in [0.05, 0.1) is 50.1 Å². The monoisotopic (exact) mass is 564 g/mol. The number of fused-ring (bicyclic) bond motifs is 4. The number of hydrogen-bond donors (Lipinski definition) is 1. The number of rotatable bonds is 6. The van der Waals surface area contributed by atoms with E-state index in [4.69, 9.17) is 28.4 Å². The van der Waals surface area contributed by atoms with Crippen LogP contribution in [-0.4, -0.2) is 45.7 Å². The fourth-order valence-electron chi connectivity index (χ4n) is 6.12. The zero-order valence-corrected chi connectivity index (χ0v) is 22.7. The molecule has 3 aliphatic rings. The molecule has 0 radical (unpaired) electrons. The van der Waals surface area contributed by atoms with E-state index in [9.17, 15) is 9.18 Å². The van der Waals surface area contributed by atoms with Crippen LogP contribution in [-0.2, 0) is 9.53 Å². The van der Waals surface area contributed by atoms with Gasteiger partial charge in [0, 0.05) is 11.8 Å². The van der Waals surface area contributed by atoms with E-state index in [1.165, 1.54) is 23.5 Å². The Labute approximate surface area is 232 Å². The van der Waals surface area contributed by atoms with Crippen molar-refractivity contribution in [1.82, 2.24) is 4.98 Å². The van der Waals surface area contributed by atoms with Crippen molar-refractivity contribution in [3.05, 3.63) is 65.0 Å². The summed E-state index contributed by atoms with van der Waals surface area (Å²) in [5, 5.41) is 4.18. The van der Waals surface area contributed by atoms with Gasteiger partial charge in [0.2, 0.25) is 12.5 Å². The number of aromatic nitrogens is 1. The molecule has 40 heavy (non-hydrogen) atoms. The van der Waals surface area contributed by atoms with Crippen molar-refractivity contribution in [2.75, 3.05) is 40.0 Å². The summed E-state index contributed by atoms with van der Waals surface area (Å²) in [7, 11) is 4.67. The fraction of sp³-hybridized carbons (Fsp3) is 0.310. The molecule has 0 amide bonds. The summed E-state index contributed by atoms with van der Waals surface area (Å²) in [6.07, 6.45) is 0. The van der Waals surface area contributed by atoms with E-state index in [1.807, 2.05) is 24.3 Å². The molecule has 7 rings (SSSR count). The lowest BCUT2D eigenvalue weighted by Crippen LogP contribution is -2.37. The molecule has 0 unspecified atom stereocenters. The number of ether oxygens (including phenoxy) is 6. The maximum absolute atomic E-state index is 13.9. The first-order chi connectivity index (χ1) is 19.5. The minimum Gasteiger partial charge on any atom is -0.493 e. The second-order valence-electron chi connectivity index (χ2n) is 9.84. The number of carbonyl (C=O) groups is 1. The van der Waals surface area contributed by atoms with Crippen molar-refractivity contribution in [3.8, 4) is 28.7 Å². The number of halogens is 1. The van der Waals surface area contributed by atoms with Crippen molar-refractivity contribution >= 4 is 32.7 Å². The van der Waals surface area contributed by atoms with Gasteiger partial charge in [-0.3, -0.25) is 4.79 Å². The quantitative estimate of drug-likeness (QED) is 0.314. The minimum absolute atomic E-state index is 0.115. The van der Waals surface area contributed by atoms with Crippen LogP contribution in [0.5, 0.6) is 28.7 Å². The number of benzene rings is 3. The van der Waals surface area contributed by atoms with Crippen LogP contribution in [0.4, 0.5) is 9.52 Å². The van der Waals surface area contributed by atoms with Gasteiger partial charge in [0.15, 0.2) is 28.1 Å². The van der Waals surface area contributed by atoms with Crippen molar-refractivity contribution in [3.63, 3.8) is 0 Å². The van der Waals surface area contributed by atoms with Crippen LogP contribution in [0.25, 0.3) is 10.2 Å². The maximum Gasteiger partial charge on any atom is 0.310 e. The van der Waals surface area contributed by atoms with Gasteiger partial charge in [-0.2, -0.15) is 0 Å². The Hall–Kier alpha value is -4.25. The average molecular weight is 565 g/mol. The van der Waals surface area contributed by atoms with E-state index in [0.717, 1.165) is 21.4 Å². The lowest BCUT2D eigenvalue weighted by molar-refractivity contribution is -0.141. The minimum atomic E-state index is -0.514. The molecule has 206 valence electrons. The van der Waals surface area contributed by atoms with Crippen LogP contribution >= 0.6 is 11.3 Å². The lowest BCUT2D eigenvalue weighted by atomic mass is 9.65. The van der Waals surface area contributed by atoms with E-state index in [1.54, 1.807) is 27.4 Å². The van der Waals surface area contributed by atoms with Crippen LogP contribution in [0, 0.1) is 17.7 Å². The van der Waals surface area contributed by atoms with E-state index < -0.39 is 5.92 Å². The molecule has 4 aromatic rings. The maximum atomic E-state index is 13.9. The average Bonchev–Trinajstić information content (AvgIpc) is 3.69. The number of thiazole rings is 1. The number of nitrogens with zero attached hydrogens (tertiary/aromatic N) is 1. The summed E-state index contributed by atoms with van der Waals surface area (Å²) in [5.74, 6) is 0.945. The smallest absolute Gasteiger partial charge is 0.310 e. The topological polar surface area (TPSA) is 97.4 Å². The Kier molecular flexibility index (Phi) is 5.85. The van der Waals surface area contributed by atoms with E-state index >= 15 is 0 Å². The van der Waals surface area contributed by atoms with Crippen LogP contribution in [0.1, 0.15) is 28.7 Å². The lowest BCUT2D eigenvalue weighted by Gasteiger charge is -2.39. The number of cyclic esters (lactones) is 1. The number of esters is 1. The number of nitrogens with one attached hydrogen (secondary N) is 1. The molecule has 1 aliphatic carbocycles. The molecule has 0 spiro atoms. The summed E-state index contributed by atoms with van der Waals surface area (Å²) in [6.45, 7) is 0.346. The highest BCUT2D eigenvalue weighted by Crippen LogP contribution is 2.56. The molecule has 2 aliphatic heterocycles. The Morgan fingerprint density at radius 1 is 0.950 bits per heavy atom. The second kappa shape index (κ2) is 9.44. The molecule has 11 heteroatoms. The van der Waals surface area contributed by atoms with Gasteiger partial charge < -0.3 is 33.7 Å². The largest absolute Gasteiger partial charge is 0.493 e. The Balaban J connectivity index is 1.40. The third kappa shape index (κ3) is 3.79. The molecular weight excluding hydrogens is 539 g/mol. The summed E-state index contributed by atoms with van der Waals surface area (Å²) >= 11 is 1.36. The Morgan fingerprint density at radius 3 is 2.38 bits per heavy atom. The first kappa shape index (κ1) is 24.8. The van der Waals surface area contributed by atoms with Crippen LogP contribution < -0.4 is 29.0 Å². The molecular formula is C29H25FN2O7S. The molecule has 1 aromatic heterocycles. The van der Waals surface area contributed by atoms with Gasteiger partial charge in [0.1, 0.15) is 5.82 Å². The normalized spacial score (nSPS) is 22.4. The predicted octanol–water partition coefficient (Wildman–Crippen LogP) is 5.28. The number of anilines is 1. The fourth-order valence-corrected chi connectivity index (χ4v) is 7.05. The molecule has 1 N–H and O–H groups in total. The Morgan fingerprint density at radius 2 is 1.68 bits per heavy atom. The molecule has 1 fully saturated rings. The zero-order valence-electron chi connectivity index (χ0n) is 21.9. The number of hydrogen-bond acceptors (Lipinski definition) is 10. The third-order valence-electron chi connectivity index (χ3n) is 7.86. The van der Waals surface area contributed by atoms with Gasteiger partial charge in [0.25, 0.3) is 0 Å². The van der Waals surface area contributed by atoms with Crippen molar-refractivity contribution in [1.29, 1.82) is 0 Å². The van der Waals surface area contributed by atoms with E-state index in [2.05, 4.69) is 10.3 Å². The summed E-state index contributed by atoms with van der Waals surface area (Å²) in [4.78, 5) is 18.1. The standard InChI is InChI=1S/C29H25FN2O7S/c1-34-21-6-13(7-22(35-2)27(21)36-3)24-15-9-19-20(39-12-38-19)10-16(15)26(17-11-37-28(33)25(17)24)32-29-31-18-5-4-14(30)8-23(18)40-29/h4-10,17,24-26H,11-12H2,1-3H3,(H,31,32)/t17-,24-,25-,26-/m0/s1. The summed E-state index contributed by atoms with van der Waals surface area (Å²) in [5.41, 5.74) is 3.34. The SMILES string of the molecule is COc1cc([C@H]2c3cc4c(cc3[C@H](Nc3nc5ccc(F)cc5s3)[C@H]3COC(=O)[C@H]23)OCO4)cc(OC)c1OC. The first-order valence-electron chi connectivity index (χ1n) is 12.7. The molecule has 9 nitrogen and oxygen atoms in total. The number of carbonyl (C=O) groups excluding carboxylic acids is 1. The van der Waals surface area contributed by atoms with Gasteiger partial charge in [-0.05, 0) is 59.2 Å². The van der Waals surface area contributed by atoms with Gasteiger partial charge in [-0.25, -0.2) is 9.37 Å².